The SMILES string of the molecule is Cn1c(-c2ccccc2)nc2c1CN(Cc1ccccc1Br)CC2. The maximum absolute atomic E-state index is 4.91. The molecule has 122 valence electrons. The van der Waals surface area contributed by atoms with Gasteiger partial charge >= 0.3 is 0 Å². The van der Waals surface area contributed by atoms with Gasteiger partial charge in [-0.25, -0.2) is 4.98 Å². The summed E-state index contributed by atoms with van der Waals surface area (Å²) in [7, 11) is 2.14. The molecule has 0 spiro atoms. The molecule has 1 aliphatic heterocycles. The summed E-state index contributed by atoms with van der Waals surface area (Å²) < 4.78 is 3.45. The molecule has 2 heterocycles. The third-order valence-electron chi connectivity index (χ3n) is 4.72. The van der Waals surface area contributed by atoms with Crippen LogP contribution in [-0.4, -0.2) is 21.0 Å². The van der Waals surface area contributed by atoms with Gasteiger partial charge < -0.3 is 4.57 Å². The van der Waals surface area contributed by atoms with Gasteiger partial charge in [-0.3, -0.25) is 4.90 Å². The fraction of sp³-hybridized carbons (Fsp3) is 0.250. The first kappa shape index (κ1) is 15.6. The van der Waals surface area contributed by atoms with Crippen LogP contribution in [0.4, 0.5) is 0 Å². The molecule has 0 bridgehead atoms. The van der Waals surface area contributed by atoms with Crippen molar-refractivity contribution in [2.75, 3.05) is 6.54 Å². The summed E-state index contributed by atoms with van der Waals surface area (Å²) in [5.74, 6) is 1.07. The number of aromatic nitrogens is 2. The van der Waals surface area contributed by atoms with Gasteiger partial charge in [0, 0.05) is 43.1 Å². The van der Waals surface area contributed by atoms with Crippen LogP contribution < -0.4 is 0 Å². The molecule has 24 heavy (non-hydrogen) atoms. The van der Waals surface area contributed by atoms with Gasteiger partial charge in [-0.2, -0.15) is 0 Å². The van der Waals surface area contributed by atoms with Gasteiger partial charge in [-0.1, -0.05) is 64.5 Å². The van der Waals surface area contributed by atoms with Crippen LogP contribution >= 0.6 is 15.9 Å². The van der Waals surface area contributed by atoms with E-state index in [0.717, 1.165) is 31.9 Å². The monoisotopic (exact) mass is 381 g/mol. The van der Waals surface area contributed by atoms with E-state index in [1.807, 2.05) is 6.07 Å². The fourth-order valence-electron chi connectivity index (χ4n) is 3.39. The molecular weight excluding hydrogens is 362 g/mol. The lowest BCUT2D eigenvalue weighted by Crippen LogP contribution is -2.31. The molecule has 0 unspecified atom stereocenters. The number of hydrogen-bond donors (Lipinski definition) is 0. The second-order valence-corrected chi connectivity index (χ2v) is 7.16. The fourth-order valence-corrected chi connectivity index (χ4v) is 3.80. The average molecular weight is 382 g/mol. The van der Waals surface area contributed by atoms with Crippen LogP contribution in [-0.2, 0) is 26.6 Å². The first-order valence-corrected chi connectivity index (χ1v) is 9.07. The standard InChI is InChI=1S/C20H20BrN3/c1-23-19-14-24(13-16-9-5-6-10-17(16)21)12-11-18(19)22-20(23)15-7-3-2-4-8-15/h2-10H,11-14H2,1H3. The molecule has 2 aromatic carbocycles. The van der Waals surface area contributed by atoms with E-state index in [-0.39, 0.29) is 0 Å². The highest BCUT2D eigenvalue weighted by Crippen LogP contribution is 2.27. The van der Waals surface area contributed by atoms with E-state index in [4.69, 9.17) is 4.98 Å². The van der Waals surface area contributed by atoms with Crippen LogP contribution in [0, 0.1) is 0 Å². The van der Waals surface area contributed by atoms with Gasteiger partial charge in [0.15, 0.2) is 0 Å². The number of halogens is 1. The highest BCUT2D eigenvalue weighted by molar-refractivity contribution is 9.10. The van der Waals surface area contributed by atoms with Crippen molar-refractivity contribution in [3.8, 4) is 11.4 Å². The summed E-state index contributed by atoms with van der Waals surface area (Å²) in [5, 5.41) is 0. The summed E-state index contributed by atoms with van der Waals surface area (Å²) in [6.07, 6.45) is 1.01. The van der Waals surface area contributed by atoms with E-state index >= 15 is 0 Å². The molecule has 0 radical (unpaired) electrons. The summed E-state index contributed by atoms with van der Waals surface area (Å²) in [6, 6.07) is 18.9. The molecule has 0 N–H and O–H groups in total. The third-order valence-corrected chi connectivity index (χ3v) is 5.49. The minimum absolute atomic E-state index is 0.951. The second-order valence-electron chi connectivity index (χ2n) is 6.31. The number of rotatable bonds is 3. The van der Waals surface area contributed by atoms with E-state index in [1.165, 1.54) is 27.0 Å². The molecule has 4 rings (SSSR count). The van der Waals surface area contributed by atoms with Gasteiger partial charge in [0.1, 0.15) is 5.82 Å². The lowest BCUT2D eigenvalue weighted by molar-refractivity contribution is 0.238. The minimum atomic E-state index is 0.951. The molecule has 1 aliphatic rings. The molecule has 1 aromatic heterocycles. The Morgan fingerprint density at radius 3 is 2.58 bits per heavy atom. The Balaban J connectivity index is 1.59. The van der Waals surface area contributed by atoms with Crippen molar-refractivity contribution in [3.05, 3.63) is 76.0 Å². The topological polar surface area (TPSA) is 21.1 Å². The van der Waals surface area contributed by atoms with Crippen LogP contribution in [0.5, 0.6) is 0 Å². The van der Waals surface area contributed by atoms with Crippen molar-refractivity contribution in [1.29, 1.82) is 0 Å². The molecule has 0 aliphatic carbocycles. The summed E-state index contributed by atoms with van der Waals surface area (Å²) in [5.41, 5.74) is 5.12. The van der Waals surface area contributed by atoms with Gasteiger partial charge in [0.25, 0.3) is 0 Å². The van der Waals surface area contributed by atoms with Crippen LogP contribution in [0.1, 0.15) is 17.0 Å². The van der Waals surface area contributed by atoms with Crippen molar-refractivity contribution in [2.45, 2.75) is 19.5 Å². The lowest BCUT2D eigenvalue weighted by atomic mass is 10.1. The predicted molar refractivity (Wildman–Crippen MR) is 101 cm³/mol. The van der Waals surface area contributed by atoms with Crippen LogP contribution in [0.25, 0.3) is 11.4 Å². The highest BCUT2D eigenvalue weighted by atomic mass is 79.9. The molecule has 3 aromatic rings. The Morgan fingerprint density at radius 1 is 1.04 bits per heavy atom. The molecule has 4 heteroatoms. The van der Waals surface area contributed by atoms with E-state index in [0.29, 0.717) is 0 Å². The normalized spacial score (nSPS) is 14.6. The van der Waals surface area contributed by atoms with Gasteiger partial charge in [-0.05, 0) is 11.6 Å². The number of nitrogens with zero attached hydrogens (tertiary/aromatic N) is 3. The Hall–Kier alpha value is -1.91. The summed E-state index contributed by atoms with van der Waals surface area (Å²) in [6.45, 7) is 2.97. The zero-order chi connectivity index (χ0) is 16.5. The van der Waals surface area contributed by atoms with Crippen molar-refractivity contribution in [1.82, 2.24) is 14.5 Å². The van der Waals surface area contributed by atoms with E-state index in [1.54, 1.807) is 0 Å². The lowest BCUT2D eigenvalue weighted by Gasteiger charge is -2.27. The first-order valence-electron chi connectivity index (χ1n) is 8.28. The molecule has 0 fully saturated rings. The van der Waals surface area contributed by atoms with Crippen molar-refractivity contribution < 1.29 is 0 Å². The molecule has 3 nitrogen and oxygen atoms in total. The molecule has 0 saturated carbocycles. The average Bonchev–Trinajstić information content (AvgIpc) is 2.94. The highest BCUT2D eigenvalue weighted by Gasteiger charge is 2.23. The predicted octanol–water partition coefficient (Wildman–Crippen LogP) is 4.41. The maximum atomic E-state index is 4.91. The summed E-state index contributed by atoms with van der Waals surface area (Å²) in [4.78, 5) is 7.41. The van der Waals surface area contributed by atoms with Crippen LogP contribution in [0.2, 0.25) is 0 Å². The van der Waals surface area contributed by atoms with Gasteiger partial charge in [0.2, 0.25) is 0 Å². The zero-order valence-corrected chi connectivity index (χ0v) is 15.3. The maximum Gasteiger partial charge on any atom is 0.140 e. The Kier molecular flexibility index (Phi) is 4.25. The number of imidazole rings is 1. The summed E-state index contributed by atoms with van der Waals surface area (Å²) >= 11 is 3.66. The zero-order valence-electron chi connectivity index (χ0n) is 13.7. The Bertz CT molecular complexity index is 855. The van der Waals surface area contributed by atoms with E-state index in [2.05, 4.69) is 81.0 Å². The van der Waals surface area contributed by atoms with Crippen LogP contribution in [0.3, 0.4) is 0 Å². The van der Waals surface area contributed by atoms with Gasteiger partial charge in [0.05, 0.1) is 11.4 Å². The third kappa shape index (κ3) is 2.92. The van der Waals surface area contributed by atoms with Crippen molar-refractivity contribution in [2.24, 2.45) is 7.05 Å². The number of hydrogen-bond acceptors (Lipinski definition) is 2. The number of fused-ring (bicyclic) bond motifs is 1. The first-order chi connectivity index (χ1) is 11.7. The second kappa shape index (κ2) is 6.54. The van der Waals surface area contributed by atoms with E-state index < -0.39 is 0 Å². The van der Waals surface area contributed by atoms with E-state index in [9.17, 15) is 0 Å². The van der Waals surface area contributed by atoms with Crippen molar-refractivity contribution >= 4 is 15.9 Å². The van der Waals surface area contributed by atoms with Gasteiger partial charge in [-0.15, -0.1) is 0 Å². The Labute approximate surface area is 151 Å². The minimum Gasteiger partial charge on any atom is -0.330 e. The molecule has 0 amide bonds. The van der Waals surface area contributed by atoms with Crippen molar-refractivity contribution in [3.63, 3.8) is 0 Å². The smallest absolute Gasteiger partial charge is 0.140 e. The largest absolute Gasteiger partial charge is 0.330 e. The Morgan fingerprint density at radius 2 is 1.79 bits per heavy atom. The number of benzene rings is 2. The molecule has 0 atom stereocenters. The molecule has 0 saturated heterocycles. The molecular formula is C20H20BrN3. The quantitative estimate of drug-likeness (QED) is 0.669. The van der Waals surface area contributed by atoms with Crippen LogP contribution in [0.15, 0.2) is 59.1 Å².